The molecule has 0 atom stereocenters. The third kappa shape index (κ3) is 17.6. The molecule has 0 heterocycles. The number of hydrogen-bond donors (Lipinski definition) is 3. The predicted octanol–water partition coefficient (Wildman–Crippen LogP) is 5.75. The molecular weight excluding hydrogens is 506 g/mol. The molecule has 4 N–H and O–H groups in total. The van der Waals surface area contributed by atoms with Crippen molar-refractivity contribution in [3.8, 4) is 0 Å². The van der Waals surface area contributed by atoms with E-state index in [9.17, 15) is 9.59 Å². The molecule has 0 aromatic carbocycles. The van der Waals surface area contributed by atoms with Crippen LogP contribution in [0.2, 0.25) is 0 Å². The Kier molecular flexibility index (Phi) is 14.8. The zero-order chi connectivity index (χ0) is 31.6. The first-order valence-corrected chi connectivity index (χ1v) is 15.1. The zero-order valence-corrected chi connectivity index (χ0v) is 28.6. The SMILES string of the molecule is CC(C)CC(C)(C)OCCC(C)(C)NC(=O)CCC(C)(C)OCCC(C)(C)NC(=O)C(C)(C)COC(C)(C)CN. The summed E-state index contributed by atoms with van der Waals surface area (Å²) >= 11 is 0. The summed E-state index contributed by atoms with van der Waals surface area (Å²) in [5.41, 5.74) is 3.14. The highest BCUT2D eigenvalue weighted by atomic mass is 16.5. The molecule has 238 valence electrons. The van der Waals surface area contributed by atoms with Gasteiger partial charge in [0.2, 0.25) is 11.8 Å². The van der Waals surface area contributed by atoms with Crippen molar-refractivity contribution in [3.05, 3.63) is 0 Å². The molecule has 0 unspecified atom stereocenters. The van der Waals surface area contributed by atoms with E-state index < -0.39 is 22.2 Å². The first-order valence-electron chi connectivity index (χ1n) is 15.1. The number of hydrogen-bond acceptors (Lipinski definition) is 6. The van der Waals surface area contributed by atoms with Crippen molar-refractivity contribution in [3.63, 3.8) is 0 Å². The van der Waals surface area contributed by atoms with Gasteiger partial charge in [0.05, 0.1) is 28.8 Å². The van der Waals surface area contributed by atoms with Gasteiger partial charge in [0, 0.05) is 37.3 Å². The Morgan fingerprint density at radius 3 is 1.62 bits per heavy atom. The third-order valence-corrected chi connectivity index (χ3v) is 7.15. The second-order valence-electron chi connectivity index (χ2n) is 15.7. The molecule has 8 heteroatoms. The van der Waals surface area contributed by atoms with Crippen LogP contribution in [0.15, 0.2) is 0 Å². The van der Waals surface area contributed by atoms with Crippen LogP contribution < -0.4 is 16.4 Å². The summed E-state index contributed by atoms with van der Waals surface area (Å²) in [5, 5.41) is 6.30. The van der Waals surface area contributed by atoms with Gasteiger partial charge in [0.25, 0.3) is 0 Å². The van der Waals surface area contributed by atoms with Crippen molar-refractivity contribution in [2.24, 2.45) is 17.1 Å². The Hall–Kier alpha value is -1.22. The van der Waals surface area contributed by atoms with Crippen LogP contribution in [0.25, 0.3) is 0 Å². The van der Waals surface area contributed by atoms with E-state index in [4.69, 9.17) is 19.9 Å². The lowest BCUT2D eigenvalue weighted by Crippen LogP contribution is -2.51. The number of rotatable bonds is 20. The molecule has 0 aromatic rings. The molecule has 0 bridgehead atoms. The molecule has 2 amide bonds. The van der Waals surface area contributed by atoms with Gasteiger partial charge in [-0.25, -0.2) is 0 Å². The maximum Gasteiger partial charge on any atom is 0.228 e. The maximum absolute atomic E-state index is 13.0. The van der Waals surface area contributed by atoms with Crippen molar-refractivity contribution < 1.29 is 23.8 Å². The summed E-state index contributed by atoms with van der Waals surface area (Å²) in [5.74, 6) is 0.514. The molecule has 40 heavy (non-hydrogen) atoms. The molecule has 0 aliphatic carbocycles. The van der Waals surface area contributed by atoms with Crippen molar-refractivity contribution in [2.75, 3.05) is 26.4 Å². The van der Waals surface area contributed by atoms with Crippen molar-refractivity contribution >= 4 is 11.8 Å². The fraction of sp³-hybridized carbons (Fsp3) is 0.938. The Labute approximate surface area is 246 Å². The fourth-order valence-corrected chi connectivity index (χ4v) is 4.24. The number of ether oxygens (including phenoxy) is 3. The van der Waals surface area contributed by atoms with Crippen molar-refractivity contribution in [1.29, 1.82) is 0 Å². The topological polar surface area (TPSA) is 112 Å². The minimum atomic E-state index is -0.693. The van der Waals surface area contributed by atoms with E-state index >= 15 is 0 Å². The monoisotopic (exact) mass is 571 g/mol. The summed E-state index contributed by atoms with van der Waals surface area (Å²) in [4.78, 5) is 25.7. The number of nitrogens with one attached hydrogen (secondary N) is 2. The minimum Gasteiger partial charge on any atom is -0.375 e. The molecule has 0 saturated carbocycles. The quantitative estimate of drug-likeness (QED) is 0.171. The lowest BCUT2D eigenvalue weighted by atomic mass is 9.90. The standard InChI is InChI=1S/C32H65N3O5/c1-24(2)21-31(11,12)39-20-17-28(5,6)34-25(36)15-16-30(9,10)38-19-18-29(7,8)35-26(37)27(3,4)23-40-32(13,14)22-33/h24H,15-23,33H2,1-14H3,(H,34,36)(H,35,37). The van der Waals surface area contributed by atoms with Crippen LogP contribution in [-0.2, 0) is 23.8 Å². The Morgan fingerprint density at radius 2 is 1.15 bits per heavy atom. The van der Waals surface area contributed by atoms with E-state index in [2.05, 4.69) is 38.3 Å². The molecule has 0 aliphatic heterocycles. The van der Waals surface area contributed by atoms with Crippen LogP contribution in [0.5, 0.6) is 0 Å². The van der Waals surface area contributed by atoms with Gasteiger partial charge in [0.15, 0.2) is 0 Å². The Balaban J connectivity index is 4.60. The normalized spacial score (nSPS) is 14.0. The highest BCUT2D eigenvalue weighted by molar-refractivity contribution is 5.82. The first-order chi connectivity index (χ1) is 17.8. The molecule has 0 spiro atoms. The largest absolute Gasteiger partial charge is 0.375 e. The highest BCUT2D eigenvalue weighted by Gasteiger charge is 2.34. The van der Waals surface area contributed by atoms with Gasteiger partial charge >= 0.3 is 0 Å². The molecule has 0 saturated heterocycles. The van der Waals surface area contributed by atoms with Gasteiger partial charge in [-0.1, -0.05) is 13.8 Å². The Morgan fingerprint density at radius 1 is 0.675 bits per heavy atom. The highest BCUT2D eigenvalue weighted by Crippen LogP contribution is 2.24. The average Bonchev–Trinajstić information content (AvgIpc) is 2.74. The fourth-order valence-electron chi connectivity index (χ4n) is 4.24. The van der Waals surface area contributed by atoms with Crippen molar-refractivity contribution in [1.82, 2.24) is 10.6 Å². The van der Waals surface area contributed by atoms with E-state index in [1.165, 1.54) is 0 Å². The van der Waals surface area contributed by atoms with Crippen molar-refractivity contribution in [2.45, 2.75) is 157 Å². The van der Waals surface area contributed by atoms with Gasteiger partial charge in [-0.2, -0.15) is 0 Å². The Bertz CT molecular complexity index is 785. The molecular formula is C32H65N3O5. The first kappa shape index (κ1) is 38.8. The van der Waals surface area contributed by atoms with Gasteiger partial charge < -0.3 is 30.6 Å². The molecule has 0 radical (unpaired) electrons. The number of carbonyl (C=O) groups excluding carboxylic acids is 2. The van der Waals surface area contributed by atoms with E-state index in [1.807, 2.05) is 69.2 Å². The van der Waals surface area contributed by atoms with Gasteiger partial charge in [-0.15, -0.1) is 0 Å². The third-order valence-electron chi connectivity index (χ3n) is 7.15. The van der Waals surface area contributed by atoms with Gasteiger partial charge in [-0.3, -0.25) is 9.59 Å². The van der Waals surface area contributed by atoms with E-state index in [0.29, 0.717) is 44.9 Å². The smallest absolute Gasteiger partial charge is 0.228 e. The minimum absolute atomic E-state index is 0.0120. The molecule has 8 nitrogen and oxygen atoms in total. The van der Waals surface area contributed by atoms with Gasteiger partial charge in [-0.05, 0) is 115 Å². The van der Waals surface area contributed by atoms with Gasteiger partial charge in [0.1, 0.15) is 0 Å². The molecule has 0 aliphatic rings. The molecule has 0 fully saturated rings. The number of nitrogens with two attached hydrogens (primary N) is 1. The zero-order valence-electron chi connectivity index (χ0n) is 28.6. The van der Waals surface area contributed by atoms with Crippen LogP contribution in [0, 0.1) is 11.3 Å². The van der Waals surface area contributed by atoms with Crippen LogP contribution in [0.3, 0.4) is 0 Å². The lowest BCUT2D eigenvalue weighted by molar-refractivity contribution is -0.138. The summed E-state index contributed by atoms with van der Waals surface area (Å²) < 4.78 is 18.1. The van der Waals surface area contributed by atoms with Crippen LogP contribution in [0.1, 0.15) is 129 Å². The predicted molar refractivity (Wildman–Crippen MR) is 165 cm³/mol. The lowest BCUT2D eigenvalue weighted by Gasteiger charge is -2.35. The van der Waals surface area contributed by atoms with Crippen LogP contribution in [-0.4, -0.2) is 66.1 Å². The van der Waals surface area contributed by atoms with E-state index in [-0.39, 0.29) is 29.6 Å². The van der Waals surface area contributed by atoms with Crippen LogP contribution >= 0.6 is 0 Å². The van der Waals surface area contributed by atoms with Crippen LogP contribution in [0.4, 0.5) is 0 Å². The molecule has 0 aromatic heterocycles. The number of amides is 2. The average molecular weight is 572 g/mol. The second-order valence-corrected chi connectivity index (χ2v) is 15.7. The van der Waals surface area contributed by atoms with E-state index in [0.717, 1.165) is 12.8 Å². The summed E-state index contributed by atoms with van der Waals surface area (Å²) in [7, 11) is 0. The summed E-state index contributed by atoms with van der Waals surface area (Å²) in [6.07, 6.45) is 3.36. The summed E-state index contributed by atoms with van der Waals surface area (Å²) in [6.45, 7) is 30.0. The molecule has 0 rings (SSSR count). The summed E-state index contributed by atoms with van der Waals surface area (Å²) in [6, 6.07) is 0. The van der Waals surface area contributed by atoms with E-state index in [1.54, 1.807) is 0 Å². The second kappa shape index (κ2) is 15.3. The maximum atomic E-state index is 13.0. The number of carbonyl (C=O) groups is 2.